The predicted octanol–water partition coefficient (Wildman–Crippen LogP) is 2.83. The molecule has 0 spiro atoms. The van der Waals surface area contributed by atoms with Crippen LogP contribution in [0.5, 0.6) is 0 Å². The molecule has 0 saturated heterocycles. The molecule has 0 atom stereocenters. The Balaban J connectivity index is 1.71. The van der Waals surface area contributed by atoms with Gasteiger partial charge in [0.1, 0.15) is 10.7 Å². The van der Waals surface area contributed by atoms with Gasteiger partial charge in [-0.25, -0.2) is 9.97 Å². The van der Waals surface area contributed by atoms with Crippen LogP contribution in [-0.4, -0.2) is 16.0 Å². The monoisotopic (exact) mass is 251 g/mol. The lowest BCUT2D eigenvalue weighted by Crippen LogP contribution is -2.15. The van der Waals surface area contributed by atoms with E-state index in [1.54, 1.807) is 22.7 Å². The van der Waals surface area contributed by atoms with Crippen LogP contribution in [0.25, 0.3) is 10.7 Å². The van der Waals surface area contributed by atoms with E-state index in [1.165, 1.54) is 12.8 Å². The number of hydrogen-bond donors (Lipinski definition) is 1. The van der Waals surface area contributed by atoms with E-state index in [2.05, 4.69) is 26.0 Å². The minimum atomic E-state index is 0.742. The smallest absolute Gasteiger partial charge is 0.143 e. The van der Waals surface area contributed by atoms with Crippen molar-refractivity contribution in [1.82, 2.24) is 15.3 Å². The molecule has 1 N–H and O–H groups in total. The molecule has 1 saturated carbocycles. The highest BCUT2D eigenvalue weighted by molar-refractivity contribution is 7.14. The Morgan fingerprint density at radius 1 is 1.31 bits per heavy atom. The van der Waals surface area contributed by atoms with E-state index in [-0.39, 0.29) is 0 Å². The summed E-state index contributed by atoms with van der Waals surface area (Å²) >= 11 is 3.36. The third kappa shape index (κ3) is 2.31. The minimum absolute atomic E-state index is 0.742. The first-order valence-electron chi connectivity index (χ1n) is 5.41. The van der Waals surface area contributed by atoms with Gasteiger partial charge in [0.2, 0.25) is 0 Å². The van der Waals surface area contributed by atoms with Gasteiger partial charge in [-0.15, -0.1) is 22.7 Å². The zero-order valence-electron chi connectivity index (χ0n) is 9.06. The van der Waals surface area contributed by atoms with Crippen molar-refractivity contribution in [2.45, 2.75) is 32.4 Å². The number of nitrogens with one attached hydrogen (secondary N) is 1. The van der Waals surface area contributed by atoms with Crippen LogP contribution < -0.4 is 5.32 Å². The van der Waals surface area contributed by atoms with E-state index in [0.717, 1.165) is 34.0 Å². The fourth-order valence-corrected chi connectivity index (χ4v) is 2.95. The van der Waals surface area contributed by atoms with Crippen LogP contribution in [0.15, 0.2) is 10.8 Å². The molecule has 84 valence electrons. The average Bonchev–Trinajstić information content (AvgIpc) is 2.81. The molecular weight excluding hydrogens is 238 g/mol. The van der Waals surface area contributed by atoms with Gasteiger partial charge in [-0.3, -0.25) is 0 Å². The van der Waals surface area contributed by atoms with Crippen LogP contribution in [0.1, 0.15) is 23.5 Å². The topological polar surface area (TPSA) is 37.8 Å². The average molecular weight is 251 g/mol. The molecule has 3 rings (SSSR count). The van der Waals surface area contributed by atoms with Crippen molar-refractivity contribution in [3.8, 4) is 10.7 Å². The van der Waals surface area contributed by atoms with E-state index in [9.17, 15) is 0 Å². The Hall–Kier alpha value is -0.780. The van der Waals surface area contributed by atoms with E-state index >= 15 is 0 Å². The van der Waals surface area contributed by atoms with Crippen LogP contribution in [0.2, 0.25) is 0 Å². The largest absolute Gasteiger partial charge is 0.308 e. The predicted molar refractivity (Wildman–Crippen MR) is 67.8 cm³/mol. The minimum Gasteiger partial charge on any atom is -0.308 e. The van der Waals surface area contributed by atoms with Gasteiger partial charge in [-0.1, -0.05) is 0 Å². The maximum atomic E-state index is 4.59. The van der Waals surface area contributed by atoms with Gasteiger partial charge in [-0.2, -0.15) is 0 Å². The molecule has 1 aliphatic carbocycles. The summed E-state index contributed by atoms with van der Waals surface area (Å²) in [4.78, 5) is 9.04. The molecule has 5 heteroatoms. The highest BCUT2D eigenvalue weighted by Crippen LogP contribution is 2.25. The van der Waals surface area contributed by atoms with E-state index in [0.29, 0.717) is 0 Å². The van der Waals surface area contributed by atoms with E-state index < -0.39 is 0 Å². The van der Waals surface area contributed by atoms with Crippen LogP contribution in [0, 0.1) is 6.92 Å². The molecule has 3 nitrogen and oxygen atoms in total. The molecule has 0 aromatic carbocycles. The fraction of sp³-hybridized carbons (Fsp3) is 0.455. The third-order valence-electron chi connectivity index (χ3n) is 2.54. The molecule has 0 unspecified atom stereocenters. The molecule has 0 amide bonds. The Labute approximate surface area is 103 Å². The lowest BCUT2D eigenvalue weighted by molar-refractivity contribution is 0.678. The van der Waals surface area contributed by atoms with Crippen molar-refractivity contribution in [3.63, 3.8) is 0 Å². The molecule has 0 aliphatic heterocycles. The van der Waals surface area contributed by atoms with E-state index in [4.69, 9.17) is 0 Å². The molecule has 2 heterocycles. The van der Waals surface area contributed by atoms with Gasteiger partial charge >= 0.3 is 0 Å². The Kier molecular flexibility index (Phi) is 2.75. The van der Waals surface area contributed by atoms with Crippen LogP contribution in [0.3, 0.4) is 0 Å². The molecule has 16 heavy (non-hydrogen) atoms. The zero-order chi connectivity index (χ0) is 11.0. The Morgan fingerprint density at radius 3 is 2.88 bits per heavy atom. The van der Waals surface area contributed by atoms with Crippen LogP contribution >= 0.6 is 22.7 Å². The standard InChI is InChI=1S/C11H13N3S2/c1-7-13-10(6-15-7)11-14-9(5-16-11)4-12-8-2-3-8/h5-6,8,12H,2-4H2,1H3. The molecular formula is C11H13N3S2. The second kappa shape index (κ2) is 4.24. The highest BCUT2D eigenvalue weighted by Gasteiger charge is 2.20. The van der Waals surface area contributed by atoms with Gasteiger partial charge in [0.15, 0.2) is 0 Å². The lowest BCUT2D eigenvalue weighted by atomic mass is 10.4. The molecule has 1 aliphatic rings. The third-order valence-corrected chi connectivity index (χ3v) is 4.23. The number of thiazole rings is 2. The Morgan fingerprint density at radius 2 is 2.19 bits per heavy atom. The van der Waals surface area contributed by atoms with Crippen molar-refractivity contribution in [3.05, 3.63) is 21.5 Å². The van der Waals surface area contributed by atoms with Gasteiger partial charge < -0.3 is 5.32 Å². The van der Waals surface area contributed by atoms with Crippen LogP contribution in [0.4, 0.5) is 0 Å². The summed E-state index contributed by atoms with van der Waals surface area (Å²) in [6.45, 7) is 2.92. The summed E-state index contributed by atoms with van der Waals surface area (Å²) in [6, 6.07) is 0.742. The number of aromatic nitrogens is 2. The molecule has 2 aromatic rings. The van der Waals surface area contributed by atoms with Crippen molar-refractivity contribution in [1.29, 1.82) is 0 Å². The number of aryl methyl sites for hydroxylation is 1. The summed E-state index contributed by atoms with van der Waals surface area (Å²) in [7, 11) is 0. The van der Waals surface area contributed by atoms with Crippen molar-refractivity contribution in [2.24, 2.45) is 0 Å². The Bertz CT molecular complexity index is 485. The number of rotatable bonds is 4. The van der Waals surface area contributed by atoms with Gasteiger partial charge in [0.25, 0.3) is 0 Å². The molecule has 2 aromatic heterocycles. The van der Waals surface area contributed by atoms with Crippen molar-refractivity contribution >= 4 is 22.7 Å². The summed E-state index contributed by atoms with van der Waals surface area (Å²) in [6.07, 6.45) is 2.64. The van der Waals surface area contributed by atoms with Crippen LogP contribution in [-0.2, 0) is 6.54 Å². The second-order valence-electron chi connectivity index (χ2n) is 4.05. The summed E-state index contributed by atoms with van der Waals surface area (Å²) in [5.41, 5.74) is 2.16. The zero-order valence-corrected chi connectivity index (χ0v) is 10.7. The molecule has 0 bridgehead atoms. The molecule has 1 fully saturated rings. The summed E-state index contributed by atoms with van der Waals surface area (Å²) in [5.74, 6) is 0. The summed E-state index contributed by atoms with van der Waals surface area (Å²) in [5, 5.41) is 9.81. The maximum Gasteiger partial charge on any atom is 0.143 e. The summed E-state index contributed by atoms with van der Waals surface area (Å²) < 4.78 is 0. The first kappa shape index (κ1) is 10.4. The van der Waals surface area contributed by atoms with Gasteiger partial charge in [0.05, 0.1) is 10.7 Å². The lowest BCUT2D eigenvalue weighted by Gasteiger charge is -1.97. The highest BCUT2D eigenvalue weighted by atomic mass is 32.1. The fourth-order valence-electron chi connectivity index (χ4n) is 1.50. The quantitative estimate of drug-likeness (QED) is 0.908. The first-order valence-corrected chi connectivity index (χ1v) is 7.17. The second-order valence-corrected chi connectivity index (χ2v) is 5.97. The number of nitrogens with zero attached hydrogens (tertiary/aromatic N) is 2. The van der Waals surface area contributed by atoms with Gasteiger partial charge in [0, 0.05) is 23.3 Å². The molecule has 0 radical (unpaired) electrons. The van der Waals surface area contributed by atoms with Crippen molar-refractivity contribution in [2.75, 3.05) is 0 Å². The maximum absolute atomic E-state index is 4.59. The van der Waals surface area contributed by atoms with Crippen molar-refractivity contribution < 1.29 is 0 Å². The van der Waals surface area contributed by atoms with E-state index in [1.807, 2.05) is 6.92 Å². The normalized spacial score (nSPS) is 15.6. The first-order chi connectivity index (χ1) is 7.81. The SMILES string of the molecule is Cc1nc(-c2nc(CNC3CC3)cs2)cs1. The number of hydrogen-bond acceptors (Lipinski definition) is 5. The van der Waals surface area contributed by atoms with Gasteiger partial charge in [-0.05, 0) is 19.8 Å².